The molecular weight excluding hydrogens is 270 g/mol. The van der Waals surface area contributed by atoms with Gasteiger partial charge in [-0.3, -0.25) is 0 Å². The molecule has 1 heterocycles. The van der Waals surface area contributed by atoms with Crippen molar-refractivity contribution in [3.8, 4) is 0 Å². The number of aromatic carboxylic acids is 1. The average Bonchev–Trinajstić information content (AvgIpc) is 2.82. The summed E-state index contributed by atoms with van der Waals surface area (Å²) in [4.78, 5) is 10.7. The second-order valence-electron chi connectivity index (χ2n) is 5.00. The van der Waals surface area contributed by atoms with Gasteiger partial charge in [0.05, 0.1) is 0 Å². The fourth-order valence-corrected chi connectivity index (χ4v) is 3.47. The molecule has 106 valence electrons. The average molecular weight is 287 g/mol. The van der Waals surface area contributed by atoms with Crippen LogP contribution in [0.5, 0.6) is 0 Å². The molecule has 0 spiro atoms. The number of carboxylic acids is 1. The Morgan fingerprint density at radius 1 is 1.32 bits per heavy atom. The minimum Gasteiger partial charge on any atom is -0.475 e. The van der Waals surface area contributed by atoms with Gasteiger partial charge in [0.1, 0.15) is 0 Å². The van der Waals surface area contributed by atoms with Gasteiger partial charge in [-0.25, -0.2) is 17.9 Å². The molecule has 2 rings (SSSR count). The summed E-state index contributed by atoms with van der Waals surface area (Å²) >= 11 is 0. The monoisotopic (exact) mass is 287 g/mol. The van der Waals surface area contributed by atoms with Crippen LogP contribution in [0.4, 0.5) is 0 Å². The molecule has 1 aromatic rings. The van der Waals surface area contributed by atoms with E-state index in [1.165, 1.54) is 0 Å². The van der Waals surface area contributed by atoms with Crippen molar-refractivity contribution in [3.63, 3.8) is 0 Å². The quantitative estimate of drug-likeness (QED) is 0.880. The van der Waals surface area contributed by atoms with Gasteiger partial charge in [-0.05, 0) is 43.7 Å². The Kier molecular flexibility index (Phi) is 3.96. The summed E-state index contributed by atoms with van der Waals surface area (Å²) in [6.07, 6.45) is 3.58. The Hall–Kier alpha value is -1.34. The van der Waals surface area contributed by atoms with E-state index < -0.39 is 16.0 Å². The molecule has 1 aromatic heterocycles. The maximum absolute atomic E-state index is 12.0. The highest BCUT2D eigenvalue weighted by Gasteiger charge is 2.26. The van der Waals surface area contributed by atoms with E-state index >= 15 is 0 Å². The molecule has 0 saturated heterocycles. The Balaban J connectivity index is 2.07. The molecule has 1 aliphatic carbocycles. The van der Waals surface area contributed by atoms with E-state index in [2.05, 4.69) is 11.6 Å². The van der Waals surface area contributed by atoms with Crippen molar-refractivity contribution in [2.24, 2.45) is 5.92 Å². The first-order chi connectivity index (χ1) is 8.88. The van der Waals surface area contributed by atoms with Crippen LogP contribution in [0.1, 0.15) is 43.2 Å². The van der Waals surface area contributed by atoms with Gasteiger partial charge in [0.15, 0.2) is 0 Å². The Morgan fingerprint density at radius 3 is 2.47 bits per heavy atom. The lowest BCUT2D eigenvalue weighted by atomic mass is 9.88. The predicted molar refractivity (Wildman–Crippen MR) is 67.4 cm³/mol. The van der Waals surface area contributed by atoms with Gasteiger partial charge in [0.25, 0.3) is 10.0 Å². The first-order valence-electron chi connectivity index (χ1n) is 6.24. The Morgan fingerprint density at radius 2 is 1.95 bits per heavy atom. The molecule has 0 aliphatic heterocycles. The molecule has 0 radical (unpaired) electrons. The zero-order chi connectivity index (χ0) is 14.0. The van der Waals surface area contributed by atoms with Crippen molar-refractivity contribution in [1.82, 2.24) is 4.72 Å². The van der Waals surface area contributed by atoms with Gasteiger partial charge in [-0.1, -0.05) is 6.92 Å². The highest BCUT2D eigenvalue weighted by atomic mass is 32.2. The summed E-state index contributed by atoms with van der Waals surface area (Å²) in [5, 5.41) is 8.36. The molecule has 1 aliphatic rings. The lowest BCUT2D eigenvalue weighted by Crippen LogP contribution is -2.37. The van der Waals surface area contributed by atoms with Crippen molar-refractivity contribution in [2.45, 2.75) is 43.7 Å². The molecule has 0 unspecified atom stereocenters. The number of nitrogens with one attached hydrogen (secondary N) is 1. The lowest BCUT2D eigenvalue weighted by molar-refractivity contribution is 0.0656. The number of hydrogen-bond donors (Lipinski definition) is 2. The van der Waals surface area contributed by atoms with Gasteiger partial charge >= 0.3 is 5.97 Å². The van der Waals surface area contributed by atoms with Crippen LogP contribution in [-0.4, -0.2) is 25.5 Å². The number of rotatable bonds is 4. The minimum absolute atomic E-state index is 0.0976. The minimum atomic E-state index is -3.77. The number of hydrogen-bond acceptors (Lipinski definition) is 4. The zero-order valence-corrected chi connectivity index (χ0v) is 11.4. The predicted octanol–water partition coefficient (Wildman–Crippen LogP) is 1.83. The van der Waals surface area contributed by atoms with Crippen LogP contribution in [0.25, 0.3) is 0 Å². The maximum atomic E-state index is 12.0. The summed E-state index contributed by atoms with van der Waals surface area (Å²) in [6, 6.07) is 2.21. The normalized spacial score (nSPS) is 24.3. The van der Waals surface area contributed by atoms with E-state index in [0.717, 1.165) is 37.8 Å². The highest BCUT2D eigenvalue weighted by Crippen LogP contribution is 2.25. The molecule has 0 bridgehead atoms. The van der Waals surface area contributed by atoms with Crippen LogP contribution in [-0.2, 0) is 10.0 Å². The number of sulfonamides is 1. The Labute approximate surface area is 111 Å². The number of furan rings is 1. The molecule has 19 heavy (non-hydrogen) atoms. The third-order valence-electron chi connectivity index (χ3n) is 3.39. The summed E-state index contributed by atoms with van der Waals surface area (Å²) in [6.45, 7) is 2.15. The van der Waals surface area contributed by atoms with Crippen molar-refractivity contribution < 1.29 is 22.7 Å². The molecule has 2 N–H and O–H groups in total. The maximum Gasteiger partial charge on any atom is 0.371 e. The molecule has 7 heteroatoms. The van der Waals surface area contributed by atoms with Crippen molar-refractivity contribution in [2.75, 3.05) is 0 Å². The summed E-state index contributed by atoms with van der Waals surface area (Å²) < 4.78 is 31.4. The van der Waals surface area contributed by atoms with Crippen molar-refractivity contribution in [1.29, 1.82) is 0 Å². The first-order valence-corrected chi connectivity index (χ1v) is 7.72. The molecular formula is C12H17NO5S. The van der Waals surface area contributed by atoms with E-state index in [0.29, 0.717) is 5.92 Å². The van der Waals surface area contributed by atoms with Crippen LogP contribution in [0.2, 0.25) is 0 Å². The lowest BCUT2D eigenvalue weighted by Gasteiger charge is -2.26. The summed E-state index contributed by atoms with van der Waals surface area (Å²) in [5.41, 5.74) is 0. The van der Waals surface area contributed by atoms with Gasteiger partial charge in [0, 0.05) is 6.04 Å². The van der Waals surface area contributed by atoms with E-state index in [1.807, 2.05) is 0 Å². The van der Waals surface area contributed by atoms with E-state index in [1.54, 1.807) is 0 Å². The third-order valence-corrected chi connectivity index (χ3v) is 4.79. The first kappa shape index (κ1) is 14.1. The molecule has 1 fully saturated rings. The van der Waals surface area contributed by atoms with Crippen LogP contribution in [0.15, 0.2) is 21.6 Å². The largest absolute Gasteiger partial charge is 0.475 e. The molecule has 1 saturated carbocycles. The molecule has 0 aromatic carbocycles. The van der Waals surface area contributed by atoms with Crippen molar-refractivity contribution >= 4 is 16.0 Å². The van der Waals surface area contributed by atoms with E-state index in [-0.39, 0.29) is 16.9 Å². The van der Waals surface area contributed by atoms with Gasteiger partial charge in [-0.2, -0.15) is 0 Å². The SMILES string of the molecule is CC1CCC(NS(=O)(=O)c2ccc(C(=O)O)o2)CC1. The summed E-state index contributed by atoms with van der Waals surface area (Å²) in [7, 11) is -3.77. The fraction of sp³-hybridized carbons (Fsp3) is 0.583. The van der Waals surface area contributed by atoms with Crippen LogP contribution in [0.3, 0.4) is 0 Å². The third kappa shape index (κ3) is 3.36. The summed E-state index contributed by atoms with van der Waals surface area (Å²) in [5.74, 6) is -1.03. The second-order valence-corrected chi connectivity index (χ2v) is 6.65. The van der Waals surface area contributed by atoms with Crippen LogP contribution in [0, 0.1) is 5.92 Å². The zero-order valence-electron chi connectivity index (χ0n) is 10.6. The fourth-order valence-electron chi connectivity index (χ4n) is 2.23. The van der Waals surface area contributed by atoms with E-state index in [4.69, 9.17) is 9.52 Å². The number of carboxylic acid groups (broad SMARTS) is 1. The van der Waals surface area contributed by atoms with Gasteiger partial charge in [-0.15, -0.1) is 0 Å². The van der Waals surface area contributed by atoms with E-state index in [9.17, 15) is 13.2 Å². The van der Waals surface area contributed by atoms with Crippen LogP contribution >= 0.6 is 0 Å². The smallest absolute Gasteiger partial charge is 0.371 e. The second kappa shape index (κ2) is 5.34. The standard InChI is InChI=1S/C12H17NO5S/c1-8-2-4-9(5-3-8)13-19(16,17)11-7-6-10(18-11)12(14)15/h6-9,13H,2-5H2,1H3,(H,14,15). The van der Waals surface area contributed by atoms with Crippen molar-refractivity contribution in [3.05, 3.63) is 17.9 Å². The molecule has 6 nitrogen and oxygen atoms in total. The molecule has 0 atom stereocenters. The Bertz CT molecular complexity index is 554. The molecule has 0 amide bonds. The van der Waals surface area contributed by atoms with Crippen LogP contribution < -0.4 is 4.72 Å². The highest BCUT2D eigenvalue weighted by molar-refractivity contribution is 7.89. The van der Waals surface area contributed by atoms with Gasteiger partial charge in [0.2, 0.25) is 10.9 Å². The van der Waals surface area contributed by atoms with Gasteiger partial charge < -0.3 is 9.52 Å². The topological polar surface area (TPSA) is 96.6 Å². The number of carbonyl (C=O) groups is 1.